The lowest BCUT2D eigenvalue weighted by molar-refractivity contribution is -0.274. The van der Waals surface area contributed by atoms with E-state index in [9.17, 15) is 37.5 Å². The molecule has 5 heterocycles. The number of halogens is 4. The first-order valence-corrected chi connectivity index (χ1v) is 21.6. The molecule has 0 aliphatic carbocycles. The number of ether oxygens (including phenoxy) is 2. The Morgan fingerprint density at radius 2 is 1.66 bits per heavy atom. The van der Waals surface area contributed by atoms with Crippen LogP contribution < -0.4 is 20.3 Å². The van der Waals surface area contributed by atoms with Gasteiger partial charge in [0.15, 0.2) is 0 Å². The number of imidazole rings is 1. The second kappa shape index (κ2) is 18.7. The molecule has 0 bridgehead atoms. The summed E-state index contributed by atoms with van der Waals surface area (Å²) < 4.78 is 51.3. The van der Waals surface area contributed by atoms with Gasteiger partial charge in [-0.15, -0.1) is 13.2 Å². The molecule has 7 rings (SSSR count). The number of benzene rings is 2. The Labute approximate surface area is 373 Å². The van der Waals surface area contributed by atoms with E-state index in [1.165, 1.54) is 12.3 Å². The van der Waals surface area contributed by atoms with E-state index in [1.807, 2.05) is 39.5 Å². The van der Waals surface area contributed by atoms with Gasteiger partial charge in [0, 0.05) is 56.4 Å². The van der Waals surface area contributed by atoms with Gasteiger partial charge in [0.05, 0.1) is 40.4 Å². The van der Waals surface area contributed by atoms with Gasteiger partial charge in [0.2, 0.25) is 11.8 Å². The summed E-state index contributed by atoms with van der Waals surface area (Å²) in [5, 5.41) is 14.6. The highest BCUT2D eigenvalue weighted by Crippen LogP contribution is 2.40. The van der Waals surface area contributed by atoms with Gasteiger partial charge in [-0.25, -0.2) is 14.8 Å². The minimum Gasteiger partial charge on any atom is -0.465 e. The van der Waals surface area contributed by atoms with E-state index in [0.29, 0.717) is 87.1 Å². The third kappa shape index (κ3) is 10.6. The molecule has 15 nitrogen and oxygen atoms in total. The monoisotopic (exact) mass is 908 g/mol. The van der Waals surface area contributed by atoms with Gasteiger partial charge in [0.25, 0.3) is 5.91 Å². The number of nitrogens with zero attached hydrogens (tertiary/aromatic N) is 5. The number of anilines is 2. The van der Waals surface area contributed by atoms with Gasteiger partial charge >= 0.3 is 12.5 Å². The molecule has 3 aliphatic rings. The van der Waals surface area contributed by atoms with E-state index in [0.717, 1.165) is 6.07 Å². The summed E-state index contributed by atoms with van der Waals surface area (Å²) in [7, 11) is 0. The van der Waals surface area contributed by atoms with Crippen LogP contribution in [-0.4, -0.2) is 112 Å². The highest BCUT2D eigenvalue weighted by Gasteiger charge is 2.42. The number of hydrogen-bond acceptors (Lipinski definition) is 9. The second-order valence-electron chi connectivity index (χ2n) is 17.8. The van der Waals surface area contributed by atoms with Crippen LogP contribution in [0.15, 0.2) is 60.9 Å². The van der Waals surface area contributed by atoms with Crippen molar-refractivity contribution in [3.8, 4) is 28.1 Å². The Morgan fingerprint density at radius 3 is 2.28 bits per heavy atom. The van der Waals surface area contributed by atoms with Crippen LogP contribution in [0.4, 0.5) is 29.5 Å². The maximum absolute atomic E-state index is 13.9. The number of carbonyl (C=O) groups is 4. The highest BCUT2D eigenvalue weighted by atomic mass is 35.5. The van der Waals surface area contributed by atoms with Crippen molar-refractivity contribution in [2.24, 2.45) is 17.3 Å². The number of carbonyl (C=O) groups excluding carboxylic acids is 3. The largest absolute Gasteiger partial charge is 0.573 e. The predicted molar refractivity (Wildman–Crippen MR) is 233 cm³/mol. The van der Waals surface area contributed by atoms with Gasteiger partial charge in [-0.05, 0) is 73.4 Å². The van der Waals surface area contributed by atoms with E-state index >= 15 is 0 Å². The molecule has 3 aliphatic heterocycles. The molecule has 64 heavy (non-hydrogen) atoms. The number of rotatable bonds is 10. The van der Waals surface area contributed by atoms with Gasteiger partial charge in [-0.1, -0.05) is 63.6 Å². The molecular weight excluding hydrogens is 857 g/mol. The summed E-state index contributed by atoms with van der Waals surface area (Å²) in [5.41, 5.74) is 1.08. The first kappa shape index (κ1) is 46.1. The topological polar surface area (TPSA) is 182 Å². The molecule has 0 unspecified atom stereocenters. The highest BCUT2D eigenvalue weighted by molar-refractivity contribution is 6.35. The number of nitrogens with one attached hydrogen (secondary N) is 3. The quantitative estimate of drug-likeness (QED) is 0.122. The summed E-state index contributed by atoms with van der Waals surface area (Å²) in [6.45, 7) is 12.6. The molecule has 4 N–H and O–H groups in total. The molecule has 0 radical (unpaired) electrons. The normalized spacial score (nSPS) is 20.2. The van der Waals surface area contributed by atoms with E-state index < -0.39 is 41.6 Å². The van der Waals surface area contributed by atoms with Crippen molar-refractivity contribution in [1.82, 2.24) is 30.1 Å². The first-order valence-electron chi connectivity index (χ1n) is 21.2. The van der Waals surface area contributed by atoms with Crippen LogP contribution in [0.25, 0.3) is 22.4 Å². The zero-order valence-corrected chi connectivity index (χ0v) is 36.9. The fourth-order valence-corrected chi connectivity index (χ4v) is 8.97. The lowest BCUT2D eigenvalue weighted by Gasteiger charge is -2.42. The van der Waals surface area contributed by atoms with Crippen LogP contribution >= 0.6 is 11.6 Å². The standard InChI is InChI=1S/C45H52ClF3N8O7/c1-25-18-35(57(23-25)41(59)38(54-43(61)62)29-12-16-63-17-13-29)39-51-22-34(53-39)28-8-6-27(7-9-28)31-19-33(46)32(20-36(31)64-45(47,48)49)40(58)52-30-10-11-37(50-21-30)56-15-14-55(24-26(56)2)42(60)44(3,4)5/h6-11,19-22,25-26,29,35,38,54H,12-18,23-24H2,1-5H3,(H,51,53)(H,52,58)(H,61,62)/t25-,26+,35-,38-/m0/s1. The third-order valence-corrected chi connectivity index (χ3v) is 12.2. The summed E-state index contributed by atoms with van der Waals surface area (Å²) in [5.74, 6) is -0.577. The fourth-order valence-electron chi connectivity index (χ4n) is 8.72. The van der Waals surface area contributed by atoms with Crippen LogP contribution in [0.2, 0.25) is 5.02 Å². The molecule has 2 aromatic heterocycles. The number of aromatic nitrogens is 3. The number of H-pyrrole nitrogens is 1. The average Bonchev–Trinajstić information content (AvgIpc) is 3.90. The summed E-state index contributed by atoms with van der Waals surface area (Å²) in [4.78, 5) is 70.0. The van der Waals surface area contributed by atoms with Crippen molar-refractivity contribution >= 4 is 46.9 Å². The van der Waals surface area contributed by atoms with Crippen molar-refractivity contribution < 1.29 is 46.9 Å². The maximum Gasteiger partial charge on any atom is 0.573 e. The van der Waals surface area contributed by atoms with E-state index in [-0.39, 0.29) is 51.5 Å². The van der Waals surface area contributed by atoms with Crippen molar-refractivity contribution in [3.05, 3.63) is 77.3 Å². The molecule has 3 fully saturated rings. The molecule has 342 valence electrons. The van der Waals surface area contributed by atoms with E-state index in [4.69, 9.17) is 16.3 Å². The van der Waals surface area contributed by atoms with E-state index in [2.05, 4.69) is 35.2 Å². The molecular formula is C45H52ClF3N8O7. The lowest BCUT2D eigenvalue weighted by Crippen LogP contribution is -2.56. The molecule has 0 spiro atoms. The van der Waals surface area contributed by atoms with Crippen LogP contribution in [0, 0.1) is 17.3 Å². The number of aromatic amines is 1. The first-order chi connectivity index (χ1) is 30.3. The maximum atomic E-state index is 13.9. The van der Waals surface area contributed by atoms with Crippen LogP contribution in [0.5, 0.6) is 5.75 Å². The Kier molecular flexibility index (Phi) is 13.5. The fraction of sp³-hybridized carbons (Fsp3) is 0.467. The number of hydrogen-bond donors (Lipinski definition) is 4. The van der Waals surface area contributed by atoms with Gasteiger partial charge in [-0.3, -0.25) is 14.4 Å². The average molecular weight is 909 g/mol. The van der Waals surface area contributed by atoms with Crippen molar-refractivity contribution in [3.63, 3.8) is 0 Å². The van der Waals surface area contributed by atoms with Crippen LogP contribution in [0.3, 0.4) is 0 Å². The van der Waals surface area contributed by atoms with Crippen molar-refractivity contribution in [1.29, 1.82) is 0 Å². The number of pyridine rings is 1. The number of piperazine rings is 1. The minimum absolute atomic E-state index is 0.0108. The zero-order valence-electron chi connectivity index (χ0n) is 36.2. The molecule has 2 aromatic carbocycles. The number of alkyl halides is 3. The van der Waals surface area contributed by atoms with Gasteiger partial charge in [-0.2, -0.15) is 0 Å². The predicted octanol–water partition coefficient (Wildman–Crippen LogP) is 8.00. The molecule has 0 saturated carbocycles. The summed E-state index contributed by atoms with van der Waals surface area (Å²) in [6.07, 6.45) is -1.61. The SMILES string of the molecule is C[C@H]1C[C@@H](c2ncc(-c3ccc(-c4cc(Cl)c(C(=O)Nc5ccc(N6CCN(C(=O)C(C)(C)C)C[C@H]6C)nc5)cc4OC(F)(F)F)cc3)[nH]2)N(C(=O)[C@@H](NC(=O)O)C2CCOCC2)C1. The van der Waals surface area contributed by atoms with Crippen molar-refractivity contribution in [2.75, 3.05) is 49.6 Å². The number of carboxylic acid groups (broad SMARTS) is 1. The molecule has 3 saturated heterocycles. The minimum atomic E-state index is -5.09. The van der Waals surface area contributed by atoms with Gasteiger partial charge < -0.3 is 44.9 Å². The number of amides is 4. The zero-order chi connectivity index (χ0) is 46.1. The Hall–Kier alpha value is -5.88. The molecule has 4 atom stereocenters. The third-order valence-electron chi connectivity index (χ3n) is 11.9. The Morgan fingerprint density at radius 1 is 0.953 bits per heavy atom. The van der Waals surface area contributed by atoms with E-state index in [1.54, 1.807) is 47.5 Å². The number of likely N-dealkylation sites (tertiary alicyclic amines) is 1. The van der Waals surface area contributed by atoms with Crippen LogP contribution in [-0.2, 0) is 14.3 Å². The summed E-state index contributed by atoms with van der Waals surface area (Å²) >= 11 is 6.59. The molecule has 4 amide bonds. The van der Waals surface area contributed by atoms with Gasteiger partial charge in [0.1, 0.15) is 23.4 Å². The molecule has 4 aromatic rings. The lowest BCUT2D eigenvalue weighted by atomic mass is 9.90. The second-order valence-corrected chi connectivity index (χ2v) is 18.2. The smallest absolute Gasteiger partial charge is 0.465 e. The Bertz CT molecular complexity index is 2350. The summed E-state index contributed by atoms with van der Waals surface area (Å²) in [6, 6.07) is 10.7. The molecule has 19 heteroatoms. The van der Waals surface area contributed by atoms with Crippen molar-refractivity contribution in [2.45, 2.75) is 78.4 Å². The Balaban J connectivity index is 1.05. The van der Waals surface area contributed by atoms with Crippen LogP contribution in [0.1, 0.15) is 76.1 Å².